The molecule has 1 aromatic heterocycles. The molecule has 0 radical (unpaired) electrons. The first-order valence-electron chi connectivity index (χ1n) is 10.6. The highest BCUT2D eigenvalue weighted by Gasteiger charge is 2.57. The Morgan fingerprint density at radius 3 is 2.50 bits per heavy atom. The van der Waals surface area contributed by atoms with Gasteiger partial charge in [-0.25, -0.2) is 0 Å². The van der Waals surface area contributed by atoms with Crippen LogP contribution in [0.4, 0.5) is 5.69 Å². The van der Waals surface area contributed by atoms with E-state index in [2.05, 4.69) is 76.4 Å². The third-order valence-electron chi connectivity index (χ3n) is 7.36. The number of fused-ring (bicyclic) bond motifs is 2. The molecule has 0 amide bonds. The molecule has 0 spiro atoms. The molecule has 4 nitrogen and oxygen atoms in total. The monoisotopic (exact) mass is 407 g/mol. The number of hydrogen-bond donors (Lipinski definition) is 1. The Labute approximate surface area is 179 Å². The van der Waals surface area contributed by atoms with Crippen molar-refractivity contribution in [3.8, 4) is 0 Å². The van der Waals surface area contributed by atoms with Gasteiger partial charge in [0.2, 0.25) is 0 Å². The Balaban J connectivity index is 2.26. The van der Waals surface area contributed by atoms with Gasteiger partial charge in [-0.1, -0.05) is 58.5 Å². The van der Waals surface area contributed by atoms with Crippen molar-refractivity contribution in [2.75, 3.05) is 25.7 Å². The summed E-state index contributed by atoms with van der Waals surface area (Å²) in [5.41, 5.74) is 1.77. The molecule has 1 aliphatic heterocycles. The highest BCUT2D eigenvalue weighted by molar-refractivity contribution is 6.09. The van der Waals surface area contributed by atoms with Crippen LogP contribution in [0.5, 0.6) is 0 Å². The number of hydrogen-bond acceptors (Lipinski definition) is 4. The number of anilines is 1. The fraction of sp³-hybridized carbons (Fsp3) is 0.462. The zero-order valence-electron chi connectivity index (χ0n) is 19.2. The topological polar surface area (TPSA) is 45.8 Å². The average molecular weight is 408 g/mol. The van der Waals surface area contributed by atoms with Crippen LogP contribution in [0.25, 0.3) is 21.7 Å². The normalized spacial score (nSPS) is 24.0. The molecule has 4 heteroatoms. The molecule has 160 valence electrons. The van der Waals surface area contributed by atoms with Crippen molar-refractivity contribution in [2.45, 2.75) is 57.4 Å². The number of rotatable bonds is 4. The van der Waals surface area contributed by atoms with Crippen LogP contribution >= 0.6 is 0 Å². The second kappa shape index (κ2) is 6.52. The van der Waals surface area contributed by atoms with Gasteiger partial charge in [0.15, 0.2) is 0 Å². The van der Waals surface area contributed by atoms with E-state index in [-0.39, 0.29) is 11.2 Å². The smallest absolute Gasteiger partial charge is 0.137 e. The summed E-state index contributed by atoms with van der Waals surface area (Å²) in [6.45, 7) is 15.4. The van der Waals surface area contributed by atoms with Gasteiger partial charge in [-0.15, -0.1) is 0 Å². The molecule has 1 N–H and O–H groups in total. The van der Waals surface area contributed by atoms with E-state index in [4.69, 9.17) is 9.15 Å². The summed E-state index contributed by atoms with van der Waals surface area (Å²) in [6.07, 6.45) is 0.739. The van der Waals surface area contributed by atoms with Gasteiger partial charge in [-0.05, 0) is 35.7 Å². The molecular weight excluding hydrogens is 374 g/mol. The maximum absolute atomic E-state index is 11.0. The number of aliphatic hydroxyl groups excluding tert-OH is 1. The Morgan fingerprint density at radius 2 is 1.90 bits per heavy atom. The second-order valence-electron chi connectivity index (χ2n) is 10.0. The van der Waals surface area contributed by atoms with Crippen molar-refractivity contribution in [1.29, 1.82) is 0 Å². The predicted molar refractivity (Wildman–Crippen MR) is 125 cm³/mol. The van der Waals surface area contributed by atoms with Gasteiger partial charge in [0.1, 0.15) is 22.6 Å². The molecule has 30 heavy (non-hydrogen) atoms. The van der Waals surface area contributed by atoms with Gasteiger partial charge in [0, 0.05) is 37.0 Å². The lowest BCUT2D eigenvalue weighted by molar-refractivity contribution is 0.129. The fourth-order valence-electron chi connectivity index (χ4n) is 5.33. The number of furan rings is 1. The van der Waals surface area contributed by atoms with Gasteiger partial charge in [-0.3, -0.25) is 0 Å². The van der Waals surface area contributed by atoms with E-state index in [1.165, 1.54) is 10.9 Å². The summed E-state index contributed by atoms with van der Waals surface area (Å²) < 4.78 is 12.1. The van der Waals surface area contributed by atoms with Crippen LogP contribution in [0.2, 0.25) is 0 Å². The zero-order chi connectivity index (χ0) is 22.1. The molecule has 2 heterocycles. The quantitative estimate of drug-likeness (QED) is 0.504. The number of benzene rings is 2. The van der Waals surface area contributed by atoms with E-state index in [9.17, 15) is 5.11 Å². The Morgan fingerprint density at radius 1 is 1.23 bits per heavy atom. The van der Waals surface area contributed by atoms with Gasteiger partial charge < -0.3 is 19.2 Å². The van der Waals surface area contributed by atoms with Gasteiger partial charge in [0.05, 0.1) is 5.69 Å². The van der Waals surface area contributed by atoms with Gasteiger partial charge in [0.25, 0.3) is 0 Å². The maximum atomic E-state index is 11.0. The minimum atomic E-state index is -0.737. The SMILES string of the molecule is C=C(O)C1(C)N(C)c2c(C(C)(C)C)oc3cc4ccccc4c(c23)C1(C)CCOC. The van der Waals surface area contributed by atoms with E-state index in [0.717, 1.165) is 34.2 Å². The van der Waals surface area contributed by atoms with E-state index < -0.39 is 11.0 Å². The van der Waals surface area contributed by atoms with Crippen LogP contribution in [-0.4, -0.2) is 31.4 Å². The van der Waals surface area contributed by atoms with Crippen LogP contribution in [0.1, 0.15) is 52.4 Å². The minimum absolute atomic E-state index is 0.149. The molecule has 2 aromatic carbocycles. The van der Waals surface area contributed by atoms with E-state index >= 15 is 0 Å². The molecule has 0 saturated carbocycles. The van der Waals surface area contributed by atoms with E-state index in [1.54, 1.807) is 7.11 Å². The Hall–Kier alpha value is -2.46. The van der Waals surface area contributed by atoms with Crippen LogP contribution in [0.15, 0.2) is 47.1 Å². The summed E-state index contributed by atoms with van der Waals surface area (Å²) in [5.74, 6) is 1.08. The van der Waals surface area contributed by atoms with Crippen molar-refractivity contribution in [1.82, 2.24) is 0 Å². The first-order valence-corrected chi connectivity index (χ1v) is 10.6. The lowest BCUT2D eigenvalue weighted by Gasteiger charge is -2.55. The lowest BCUT2D eigenvalue weighted by Crippen LogP contribution is -2.62. The third kappa shape index (κ3) is 2.49. The van der Waals surface area contributed by atoms with Gasteiger partial charge in [-0.2, -0.15) is 0 Å². The molecule has 2 atom stereocenters. The number of nitrogens with zero attached hydrogens (tertiary/aromatic N) is 1. The van der Waals surface area contributed by atoms with E-state index in [0.29, 0.717) is 6.61 Å². The first-order chi connectivity index (χ1) is 14.0. The van der Waals surface area contributed by atoms with Crippen molar-refractivity contribution >= 4 is 27.4 Å². The van der Waals surface area contributed by atoms with E-state index in [1.807, 2.05) is 7.05 Å². The molecule has 1 aliphatic rings. The van der Waals surface area contributed by atoms with Crippen LogP contribution in [0.3, 0.4) is 0 Å². The molecule has 0 fully saturated rings. The molecular formula is C26H33NO3. The number of ether oxygens (including phenoxy) is 1. The van der Waals surface area contributed by atoms with Crippen molar-refractivity contribution < 1.29 is 14.3 Å². The molecule has 3 aromatic rings. The lowest BCUT2D eigenvalue weighted by atomic mass is 9.60. The zero-order valence-corrected chi connectivity index (χ0v) is 19.2. The van der Waals surface area contributed by atoms with Crippen molar-refractivity contribution in [2.24, 2.45) is 0 Å². The highest BCUT2D eigenvalue weighted by Crippen LogP contribution is 2.59. The third-order valence-corrected chi connectivity index (χ3v) is 7.36. The number of aliphatic hydroxyl groups is 1. The molecule has 0 aliphatic carbocycles. The Kier molecular flexibility index (Phi) is 4.52. The number of methoxy groups -OCH3 is 1. The maximum Gasteiger partial charge on any atom is 0.137 e. The summed E-state index contributed by atoms with van der Waals surface area (Å²) in [6, 6.07) is 10.6. The minimum Gasteiger partial charge on any atom is -0.510 e. The van der Waals surface area contributed by atoms with Crippen LogP contribution < -0.4 is 4.90 Å². The van der Waals surface area contributed by atoms with Crippen molar-refractivity contribution in [3.05, 3.63) is 54.0 Å². The van der Waals surface area contributed by atoms with Crippen LogP contribution in [-0.2, 0) is 15.6 Å². The second-order valence-corrected chi connectivity index (χ2v) is 10.0. The summed E-state index contributed by atoms with van der Waals surface area (Å²) >= 11 is 0. The Bertz CT molecular complexity index is 1150. The molecule has 0 bridgehead atoms. The van der Waals surface area contributed by atoms with Crippen LogP contribution in [0, 0.1) is 0 Å². The molecule has 0 saturated heterocycles. The number of likely N-dealkylation sites (N-methyl/N-ethyl adjacent to an activating group) is 1. The summed E-state index contributed by atoms with van der Waals surface area (Å²) in [7, 11) is 3.77. The highest BCUT2D eigenvalue weighted by atomic mass is 16.5. The fourth-order valence-corrected chi connectivity index (χ4v) is 5.33. The largest absolute Gasteiger partial charge is 0.510 e. The van der Waals surface area contributed by atoms with Crippen molar-refractivity contribution in [3.63, 3.8) is 0 Å². The average Bonchev–Trinajstić information content (AvgIpc) is 3.07. The predicted octanol–water partition coefficient (Wildman–Crippen LogP) is 6.46. The summed E-state index contributed by atoms with van der Waals surface area (Å²) in [5, 5.41) is 14.5. The molecule has 4 rings (SSSR count). The summed E-state index contributed by atoms with van der Waals surface area (Å²) in [4.78, 5) is 2.18. The van der Waals surface area contributed by atoms with Gasteiger partial charge >= 0.3 is 0 Å². The first kappa shape index (κ1) is 20.8. The standard InChI is InChI=1S/C26H33NO3/c1-16(28)26(6)25(5,13-14-29-8)21-18-12-10-9-11-17(18)15-19-20(21)22(27(26)7)23(30-19)24(2,3)4/h9-12,15,28H,1,13-14H2,2-8H3. The molecule has 2 unspecified atom stereocenters.